The van der Waals surface area contributed by atoms with Crippen LogP contribution in [0.25, 0.3) is 0 Å². The Morgan fingerprint density at radius 1 is 0.964 bits per heavy atom. The van der Waals surface area contributed by atoms with Gasteiger partial charge in [-0.25, -0.2) is 0 Å². The average molecular weight is 407 g/mol. The van der Waals surface area contributed by atoms with Gasteiger partial charge in [-0.15, -0.1) is 12.4 Å². The Bertz CT molecular complexity index is 801. The predicted octanol–water partition coefficient (Wildman–Crippen LogP) is 2.99. The largest absolute Gasteiger partial charge is 0.493 e. The Balaban J connectivity index is 0.00000280. The van der Waals surface area contributed by atoms with Gasteiger partial charge in [0.25, 0.3) is 0 Å². The maximum atomic E-state index is 12.2. The standard InChI is InChI=1S/C21H26N2O4.ClH/c1-25-18-9-14(10-19(26-2)21(18)27-3)5-7-20(24)23-11-15-4-6-16-12-22-13-17(16)8-15;/h4,6,8-10,22H,5,7,11-13H2,1-3H3,(H,23,24);1H. The van der Waals surface area contributed by atoms with Gasteiger partial charge in [0.15, 0.2) is 11.5 Å². The summed E-state index contributed by atoms with van der Waals surface area (Å²) < 4.78 is 16.0. The summed E-state index contributed by atoms with van der Waals surface area (Å²) in [7, 11) is 4.74. The van der Waals surface area contributed by atoms with Crippen LogP contribution in [0.5, 0.6) is 17.2 Å². The molecule has 0 saturated heterocycles. The van der Waals surface area contributed by atoms with Crippen molar-refractivity contribution in [1.29, 1.82) is 0 Å². The van der Waals surface area contributed by atoms with Crippen molar-refractivity contribution < 1.29 is 19.0 Å². The molecule has 3 rings (SSSR count). The third-order valence-corrected chi connectivity index (χ3v) is 4.76. The van der Waals surface area contributed by atoms with E-state index in [2.05, 4.69) is 28.8 Å². The Kier molecular flexibility index (Phi) is 7.96. The molecule has 0 aromatic heterocycles. The molecule has 0 radical (unpaired) electrons. The lowest BCUT2D eigenvalue weighted by molar-refractivity contribution is -0.121. The first-order valence-corrected chi connectivity index (χ1v) is 9.01. The van der Waals surface area contributed by atoms with Gasteiger partial charge in [-0.2, -0.15) is 0 Å². The molecular formula is C21H27ClN2O4. The number of carbonyl (C=O) groups excluding carboxylic acids is 1. The summed E-state index contributed by atoms with van der Waals surface area (Å²) >= 11 is 0. The van der Waals surface area contributed by atoms with Gasteiger partial charge in [0.1, 0.15) is 0 Å². The number of nitrogens with one attached hydrogen (secondary N) is 2. The SMILES string of the molecule is COc1cc(CCC(=O)NCc2ccc3c(c2)CNC3)cc(OC)c1OC.Cl. The number of ether oxygens (including phenoxy) is 3. The molecule has 6 nitrogen and oxygen atoms in total. The molecule has 0 bridgehead atoms. The van der Waals surface area contributed by atoms with Crippen molar-refractivity contribution in [2.24, 2.45) is 0 Å². The maximum absolute atomic E-state index is 12.2. The molecule has 0 aliphatic carbocycles. The van der Waals surface area contributed by atoms with E-state index >= 15 is 0 Å². The molecule has 1 aliphatic heterocycles. The quantitative estimate of drug-likeness (QED) is 0.705. The second-order valence-electron chi connectivity index (χ2n) is 6.52. The molecule has 0 spiro atoms. The highest BCUT2D eigenvalue weighted by atomic mass is 35.5. The van der Waals surface area contributed by atoms with E-state index in [4.69, 9.17) is 14.2 Å². The molecule has 1 aliphatic rings. The summed E-state index contributed by atoms with van der Waals surface area (Å²) in [5.74, 6) is 1.76. The molecule has 7 heteroatoms. The fourth-order valence-corrected chi connectivity index (χ4v) is 3.28. The Labute approximate surface area is 172 Å². The number of rotatable bonds is 8. The molecule has 2 aromatic rings. The fraction of sp³-hybridized carbons (Fsp3) is 0.381. The van der Waals surface area contributed by atoms with E-state index in [0.29, 0.717) is 36.6 Å². The molecule has 0 saturated carbocycles. The van der Waals surface area contributed by atoms with Crippen LogP contribution in [-0.4, -0.2) is 27.2 Å². The van der Waals surface area contributed by atoms with Gasteiger partial charge in [0.05, 0.1) is 21.3 Å². The number of carbonyl (C=O) groups is 1. The minimum Gasteiger partial charge on any atom is -0.493 e. The second-order valence-corrected chi connectivity index (χ2v) is 6.52. The number of hydrogen-bond acceptors (Lipinski definition) is 5. The van der Waals surface area contributed by atoms with Crippen LogP contribution in [0.15, 0.2) is 30.3 Å². The van der Waals surface area contributed by atoms with Crippen LogP contribution >= 0.6 is 12.4 Å². The molecule has 0 unspecified atom stereocenters. The van der Waals surface area contributed by atoms with Gasteiger partial charge < -0.3 is 24.8 Å². The highest BCUT2D eigenvalue weighted by molar-refractivity contribution is 5.85. The fourth-order valence-electron chi connectivity index (χ4n) is 3.28. The first kappa shape index (κ1) is 21.9. The summed E-state index contributed by atoms with van der Waals surface area (Å²) in [5.41, 5.74) is 4.74. The maximum Gasteiger partial charge on any atom is 0.220 e. The van der Waals surface area contributed by atoms with E-state index in [1.807, 2.05) is 12.1 Å². The number of fused-ring (bicyclic) bond motifs is 1. The number of aryl methyl sites for hydroxylation is 1. The van der Waals surface area contributed by atoms with Crippen molar-refractivity contribution in [1.82, 2.24) is 10.6 Å². The van der Waals surface area contributed by atoms with E-state index in [1.165, 1.54) is 11.1 Å². The molecule has 152 valence electrons. The molecule has 0 fully saturated rings. The molecular weight excluding hydrogens is 380 g/mol. The first-order chi connectivity index (χ1) is 13.1. The third-order valence-electron chi connectivity index (χ3n) is 4.76. The van der Waals surface area contributed by atoms with Crippen molar-refractivity contribution in [2.75, 3.05) is 21.3 Å². The van der Waals surface area contributed by atoms with E-state index in [9.17, 15) is 4.79 Å². The lowest BCUT2D eigenvalue weighted by Gasteiger charge is -2.14. The highest BCUT2D eigenvalue weighted by Gasteiger charge is 2.14. The normalized spacial score (nSPS) is 12.0. The minimum atomic E-state index is 0. The molecule has 28 heavy (non-hydrogen) atoms. The summed E-state index contributed by atoms with van der Waals surface area (Å²) in [4.78, 5) is 12.2. The summed E-state index contributed by atoms with van der Waals surface area (Å²) in [6.45, 7) is 2.37. The van der Waals surface area contributed by atoms with Gasteiger partial charge in [-0.3, -0.25) is 4.79 Å². The summed E-state index contributed by atoms with van der Waals surface area (Å²) in [5, 5.41) is 6.32. The van der Waals surface area contributed by atoms with E-state index in [-0.39, 0.29) is 18.3 Å². The van der Waals surface area contributed by atoms with Crippen molar-refractivity contribution in [3.05, 3.63) is 52.6 Å². The Morgan fingerprint density at radius 2 is 1.64 bits per heavy atom. The molecule has 2 N–H and O–H groups in total. The monoisotopic (exact) mass is 406 g/mol. The van der Waals surface area contributed by atoms with Crippen LogP contribution in [0.2, 0.25) is 0 Å². The van der Waals surface area contributed by atoms with E-state index < -0.39 is 0 Å². The van der Waals surface area contributed by atoms with Crippen LogP contribution in [0.4, 0.5) is 0 Å². The first-order valence-electron chi connectivity index (χ1n) is 9.01. The zero-order chi connectivity index (χ0) is 19.2. The van der Waals surface area contributed by atoms with Gasteiger partial charge in [-0.1, -0.05) is 18.2 Å². The molecule has 1 amide bonds. The molecule has 1 heterocycles. The van der Waals surface area contributed by atoms with Crippen molar-refractivity contribution in [2.45, 2.75) is 32.5 Å². The highest BCUT2D eigenvalue weighted by Crippen LogP contribution is 2.38. The van der Waals surface area contributed by atoms with Crippen LogP contribution < -0.4 is 24.8 Å². The number of benzene rings is 2. The van der Waals surface area contributed by atoms with Gasteiger partial charge >= 0.3 is 0 Å². The summed E-state index contributed by atoms with van der Waals surface area (Å²) in [6, 6.07) is 10.1. The zero-order valence-corrected chi connectivity index (χ0v) is 17.3. The Hall–Kier alpha value is -2.44. The summed E-state index contributed by atoms with van der Waals surface area (Å²) in [6.07, 6.45) is 0.988. The topological polar surface area (TPSA) is 68.8 Å². The van der Waals surface area contributed by atoms with E-state index in [0.717, 1.165) is 24.2 Å². The minimum absolute atomic E-state index is 0. The van der Waals surface area contributed by atoms with Gasteiger partial charge in [0.2, 0.25) is 11.7 Å². The second kappa shape index (κ2) is 10.2. The van der Waals surface area contributed by atoms with Crippen LogP contribution in [0, 0.1) is 0 Å². The lowest BCUT2D eigenvalue weighted by Crippen LogP contribution is -2.23. The number of amides is 1. The van der Waals surface area contributed by atoms with Crippen molar-refractivity contribution in [3.63, 3.8) is 0 Å². The predicted molar refractivity (Wildman–Crippen MR) is 110 cm³/mol. The molecule has 2 aromatic carbocycles. The van der Waals surface area contributed by atoms with Gasteiger partial charge in [0, 0.05) is 26.1 Å². The lowest BCUT2D eigenvalue weighted by atomic mass is 10.1. The molecule has 0 atom stereocenters. The van der Waals surface area contributed by atoms with Gasteiger partial charge in [-0.05, 0) is 40.8 Å². The third kappa shape index (κ3) is 5.09. The smallest absolute Gasteiger partial charge is 0.220 e. The van der Waals surface area contributed by atoms with Crippen LogP contribution in [0.3, 0.4) is 0 Å². The van der Waals surface area contributed by atoms with Crippen LogP contribution in [-0.2, 0) is 30.8 Å². The average Bonchev–Trinajstić information content (AvgIpc) is 3.17. The zero-order valence-electron chi connectivity index (χ0n) is 16.5. The van der Waals surface area contributed by atoms with Crippen LogP contribution in [0.1, 0.15) is 28.7 Å². The van der Waals surface area contributed by atoms with E-state index in [1.54, 1.807) is 21.3 Å². The number of halogens is 1. The Morgan fingerprint density at radius 3 is 2.29 bits per heavy atom. The van der Waals surface area contributed by atoms with Crippen molar-refractivity contribution >= 4 is 18.3 Å². The number of hydrogen-bond donors (Lipinski definition) is 2. The van der Waals surface area contributed by atoms with Crippen molar-refractivity contribution in [3.8, 4) is 17.2 Å². The number of methoxy groups -OCH3 is 3.